The molecule has 1 aromatic heterocycles. The summed E-state index contributed by atoms with van der Waals surface area (Å²) in [6.45, 7) is 2.68. The molecule has 1 rings (SSSR count). The number of carbonyl (C=O) groups excluding carboxylic acids is 1. The highest BCUT2D eigenvalue weighted by Gasteiger charge is 2.11. The van der Waals surface area contributed by atoms with E-state index >= 15 is 0 Å². The fourth-order valence-corrected chi connectivity index (χ4v) is 1.28. The van der Waals surface area contributed by atoms with Crippen LogP contribution in [0.4, 0.5) is 0 Å². The third-order valence-corrected chi connectivity index (χ3v) is 2.62. The van der Waals surface area contributed by atoms with Gasteiger partial charge in [-0.3, -0.25) is 14.7 Å². The summed E-state index contributed by atoms with van der Waals surface area (Å²) in [5, 5.41) is 11.8. The molecule has 0 aliphatic carbocycles. The number of carbonyl (C=O) groups is 1. The molecule has 1 amide bonds. The van der Waals surface area contributed by atoms with Crippen LogP contribution in [0, 0.1) is 0 Å². The maximum absolute atomic E-state index is 11.6. The molecule has 0 saturated carbocycles. The highest BCUT2D eigenvalue weighted by Crippen LogP contribution is 1.96. The first-order valence-corrected chi connectivity index (χ1v) is 5.60. The van der Waals surface area contributed by atoms with Crippen LogP contribution in [0.5, 0.6) is 0 Å². The predicted molar refractivity (Wildman–Crippen MR) is 65.3 cm³/mol. The molecule has 1 atom stereocenters. The first-order valence-electron chi connectivity index (χ1n) is 5.60. The van der Waals surface area contributed by atoms with Crippen LogP contribution in [0.2, 0.25) is 0 Å². The summed E-state index contributed by atoms with van der Waals surface area (Å²) in [4.78, 5) is 17.4. The van der Waals surface area contributed by atoms with E-state index in [9.17, 15) is 4.79 Å². The van der Waals surface area contributed by atoms with E-state index < -0.39 is 0 Å². The fraction of sp³-hybridized carbons (Fsp3) is 0.500. The number of hydrogen-bond acceptors (Lipinski definition) is 4. The van der Waals surface area contributed by atoms with Crippen molar-refractivity contribution in [2.45, 2.75) is 19.5 Å². The summed E-state index contributed by atoms with van der Waals surface area (Å²) >= 11 is 0. The molecule has 0 bridgehead atoms. The Morgan fingerprint density at radius 1 is 1.65 bits per heavy atom. The van der Waals surface area contributed by atoms with Crippen molar-refractivity contribution in [3.05, 3.63) is 30.1 Å². The van der Waals surface area contributed by atoms with Gasteiger partial charge in [0.15, 0.2) is 0 Å². The number of aliphatic hydroxyl groups excluding tert-OH is 1. The summed E-state index contributed by atoms with van der Waals surface area (Å²) in [5.74, 6) is -0.0587. The zero-order chi connectivity index (χ0) is 12.7. The van der Waals surface area contributed by atoms with Crippen LogP contribution in [-0.2, 0) is 11.3 Å². The third kappa shape index (κ3) is 4.93. The van der Waals surface area contributed by atoms with Crippen LogP contribution < -0.4 is 5.32 Å². The SMILES string of the molecule is CC(CO)N(C)CC(=O)NCc1cccnc1. The highest BCUT2D eigenvalue weighted by atomic mass is 16.3. The molecule has 5 heteroatoms. The lowest BCUT2D eigenvalue weighted by molar-refractivity contribution is -0.122. The smallest absolute Gasteiger partial charge is 0.234 e. The molecule has 5 nitrogen and oxygen atoms in total. The minimum atomic E-state index is -0.0587. The molecule has 1 aromatic rings. The number of pyridine rings is 1. The van der Waals surface area contributed by atoms with E-state index in [2.05, 4.69) is 10.3 Å². The van der Waals surface area contributed by atoms with Crippen LogP contribution in [0.25, 0.3) is 0 Å². The Balaban J connectivity index is 2.31. The zero-order valence-electron chi connectivity index (χ0n) is 10.3. The number of aromatic nitrogens is 1. The molecule has 0 aliphatic rings. The van der Waals surface area contributed by atoms with E-state index in [1.807, 2.05) is 26.1 Å². The maximum Gasteiger partial charge on any atom is 0.234 e. The number of rotatable bonds is 6. The van der Waals surface area contributed by atoms with E-state index in [1.165, 1.54) is 0 Å². The number of amides is 1. The lowest BCUT2D eigenvalue weighted by Crippen LogP contribution is -2.40. The molecule has 0 aromatic carbocycles. The van der Waals surface area contributed by atoms with Gasteiger partial charge in [-0.15, -0.1) is 0 Å². The lowest BCUT2D eigenvalue weighted by Gasteiger charge is -2.21. The second kappa shape index (κ2) is 6.98. The standard InChI is InChI=1S/C12H19N3O2/c1-10(9-16)15(2)8-12(17)14-7-11-4-3-5-13-6-11/h3-6,10,16H,7-9H2,1-2H3,(H,14,17). The second-order valence-corrected chi connectivity index (χ2v) is 4.08. The van der Waals surface area contributed by atoms with Gasteiger partial charge in [-0.05, 0) is 25.6 Å². The van der Waals surface area contributed by atoms with E-state index in [0.717, 1.165) is 5.56 Å². The largest absolute Gasteiger partial charge is 0.395 e. The van der Waals surface area contributed by atoms with Gasteiger partial charge in [0.25, 0.3) is 0 Å². The molecule has 0 fully saturated rings. The van der Waals surface area contributed by atoms with E-state index in [0.29, 0.717) is 6.54 Å². The van der Waals surface area contributed by atoms with Crippen LogP contribution in [0.15, 0.2) is 24.5 Å². The monoisotopic (exact) mass is 237 g/mol. The lowest BCUT2D eigenvalue weighted by atomic mass is 10.3. The summed E-state index contributed by atoms with van der Waals surface area (Å²) in [6.07, 6.45) is 3.42. The maximum atomic E-state index is 11.6. The molecule has 1 heterocycles. The fourth-order valence-electron chi connectivity index (χ4n) is 1.28. The summed E-state index contributed by atoms with van der Waals surface area (Å²) in [5.41, 5.74) is 0.971. The van der Waals surface area contributed by atoms with Gasteiger partial charge in [0, 0.05) is 25.0 Å². The quantitative estimate of drug-likeness (QED) is 0.731. The topological polar surface area (TPSA) is 65.5 Å². The van der Waals surface area contributed by atoms with Crippen molar-refractivity contribution in [1.82, 2.24) is 15.2 Å². The molecule has 0 aliphatic heterocycles. The van der Waals surface area contributed by atoms with Crippen molar-refractivity contribution in [1.29, 1.82) is 0 Å². The van der Waals surface area contributed by atoms with Crippen LogP contribution in [0.3, 0.4) is 0 Å². The van der Waals surface area contributed by atoms with Gasteiger partial charge in [-0.2, -0.15) is 0 Å². The van der Waals surface area contributed by atoms with Crippen molar-refractivity contribution in [3.63, 3.8) is 0 Å². The summed E-state index contributed by atoms with van der Waals surface area (Å²) < 4.78 is 0. The Morgan fingerprint density at radius 3 is 3.00 bits per heavy atom. The van der Waals surface area contributed by atoms with Gasteiger partial charge in [0.2, 0.25) is 5.91 Å². The Labute approximate surface area is 101 Å². The Hall–Kier alpha value is -1.46. The molecule has 1 unspecified atom stereocenters. The minimum absolute atomic E-state index is 0.0147. The zero-order valence-corrected chi connectivity index (χ0v) is 10.3. The highest BCUT2D eigenvalue weighted by molar-refractivity contribution is 5.77. The molecule has 0 saturated heterocycles. The average Bonchev–Trinajstić information content (AvgIpc) is 2.36. The van der Waals surface area contributed by atoms with Crippen LogP contribution in [-0.4, -0.2) is 47.1 Å². The number of hydrogen-bond donors (Lipinski definition) is 2. The summed E-state index contributed by atoms with van der Waals surface area (Å²) in [6, 6.07) is 3.73. The van der Waals surface area contributed by atoms with Gasteiger partial charge in [-0.25, -0.2) is 0 Å². The molecule has 94 valence electrons. The van der Waals surface area contributed by atoms with Gasteiger partial charge >= 0.3 is 0 Å². The molecule has 0 spiro atoms. The minimum Gasteiger partial charge on any atom is -0.395 e. The first kappa shape index (κ1) is 13.6. The average molecular weight is 237 g/mol. The molecule has 0 radical (unpaired) electrons. The van der Waals surface area contributed by atoms with Crippen molar-refractivity contribution >= 4 is 5.91 Å². The Kier molecular flexibility index (Phi) is 5.59. The van der Waals surface area contributed by atoms with Crippen LogP contribution in [0.1, 0.15) is 12.5 Å². The van der Waals surface area contributed by atoms with Crippen LogP contribution >= 0.6 is 0 Å². The van der Waals surface area contributed by atoms with E-state index in [4.69, 9.17) is 5.11 Å². The molecule has 2 N–H and O–H groups in total. The van der Waals surface area contributed by atoms with Gasteiger partial charge in [0.05, 0.1) is 13.2 Å². The van der Waals surface area contributed by atoms with Gasteiger partial charge in [-0.1, -0.05) is 6.07 Å². The summed E-state index contributed by atoms with van der Waals surface area (Å²) in [7, 11) is 1.81. The number of nitrogens with zero attached hydrogens (tertiary/aromatic N) is 2. The van der Waals surface area contributed by atoms with Gasteiger partial charge in [0.1, 0.15) is 0 Å². The predicted octanol–water partition coefficient (Wildman–Crippen LogP) is 0.0104. The second-order valence-electron chi connectivity index (χ2n) is 4.08. The Bertz CT molecular complexity index is 343. The first-order chi connectivity index (χ1) is 8.13. The number of likely N-dealkylation sites (N-methyl/N-ethyl adjacent to an activating group) is 1. The van der Waals surface area contributed by atoms with E-state index in [1.54, 1.807) is 17.3 Å². The van der Waals surface area contributed by atoms with Crippen molar-refractivity contribution in [2.24, 2.45) is 0 Å². The van der Waals surface area contributed by atoms with Gasteiger partial charge < -0.3 is 10.4 Å². The molecular formula is C12H19N3O2. The van der Waals surface area contributed by atoms with Crippen molar-refractivity contribution in [3.8, 4) is 0 Å². The van der Waals surface area contributed by atoms with Crippen molar-refractivity contribution in [2.75, 3.05) is 20.2 Å². The molecular weight excluding hydrogens is 218 g/mol. The van der Waals surface area contributed by atoms with Crippen molar-refractivity contribution < 1.29 is 9.90 Å². The van der Waals surface area contributed by atoms with E-state index in [-0.39, 0.29) is 25.1 Å². The molecule has 17 heavy (non-hydrogen) atoms. The Morgan fingerprint density at radius 2 is 2.41 bits per heavy atom. The number of aliphatic hydroxyl groups is 1. The third-order valence-electron chi connectivity index (χ3n) is 2.62. The normalized spacial score (nSPS) is 12.5. The number of nitrogens with one attached hydrogen (secondary N) is 1.